The van der Waals surface area contributed by atoms with Crippen molar-refractivity contribution >= 4 is 17.5 Å². The van der Waals surface area contributed by atoms with E-state index in [-0.39, 0.29) is 0 Å². The summed E-state index contributed by atoms with van der Waals surface area (Å²) in [4.78, 5) is 13.7. The van der Waals surface area contributed by atoms with Crippen molar-refractivity contribution in [3.05, 3.63) is 71.1 Å². The van der Waals surface area contributed by atoms with E-state index in [1.807, 2.05) is 23.7 Å². The number of rotatable bonds is 4. The number of nitrogens with zero attached hydrogens (tertiary/aromatic N) is 5. The Morgan fingerprint density at radius 2 is 1.85 bits per heavy atom. The van der Waals surface area contributed by atoms with Crippen molar-refractivity contribution in [1.82, 2.24) is 23.9 Å². The molecule has 3 aromatic heterocycles. The molecule has 0 radical (unpaired) electrons. The van der Waals surface area contributed by atoms with Gasteiger partial charge in [-0.1, -0.05) is 17.8 Å². The molecule has 0 spiro atoms. The van der Waals surface area contributed by atoms with E-state index in [1.165, 1.54) is 11.1 Å². The number of hydrogen-bond donors (Lipinski definition) is 0. The van der Waals surface area contributed by atoms with Crippen molar-refractivity contribution in [2.24, 2.45) is 0 Å². The Bertz CT molecular complexity index is 1090. The molecule has 0 atom stereocenters. The Hall–Kier alpha value is -2.60. The predicted octanol–water partition coefficient (Wildman–Crippen LogP) is 4.44. The summed E-state index contributed by atoms with van der Waals surface area (Å²) in [5.41, 5.74) is 6.86. The van der Waals surface area contributed by atoms with E-state index in [1.54, 1.807) is 11.8 Å². The molecule has 6 heteroatoms. The summed E-state index contributed by atoms with van der Waals surface area (Å²) in [5, 5.41) is 0.964. The average Bonchev–Trinajstić information content (AvgIpc) is 3.22. The lowest BCUT2D eigenvalue weighted by atomic mass is 10.1. The summed E-state index contributed by atoms with van der Waals surface area (Å²) in [6.07, 6.45) is 5.91. The first-order valence-corrected chi connectivity index (χ1v) is 9.56. The molecule has 3 heterocycles. The van der Waals surface area contributed by atoms with Gasteiger partial charge < -0.3 is 0 Å². The zero-order valence-corrected chi connectivity index (χ0v) is 16.2. The van der Waals surface area contributed by atoms with Crippen molar-refractivity contribution < 1.29 is 0 Å². The molecule has 0 aliphatic carbocycles. The molecular formula is C20H21N5S. The second-order valence-electron chi connectivity index (χ2n) is 6.58. The second kappa shape index (κ2) is 6.61. The molecule has 0 N–H and O–H groups in total. The smallest absolute Gasteiger partial charge is 0.234 e. The second-order valence-corrected chi connectivity index (χ2v) is 7.52. The number of aryl methyl sites for hydroxylation is 4. The van der Waals surface area contributed by atoms with Gasteiger partial charge in [0.2, 0.25) is 5.78 Å². The van der Waals surface area contributed by atoms with Crippen LogP contribution in [0.4, 0.5) is 0 Å². The third-order valence-electron chi connectivity index (χ3n) is 4.54. The molecule has 0 aliphatic heterocycles. The maximum absolute atomic E-state index is 4.66. The molecule has 0 saturated heterocycles. The van der Waals surface area contributed by atoms with Crippen LogP contribution in [-0.4, -0.2) is 23.9 Å². The highest BCUT2D eigenvalue weighted by Gasteiger charge is 2.10. The SMILES string of the molecule is Cc1cc(C)n2cc(CSc3nccn3-c3ccc(C)c(C)c3)nc2n1. The lowest BCUT2D eigenvalue weighted by Crippen LogP contribution is -1.96. The maximum Gasteiger partial charge on any atom is 0.234 e. The summed E-state index contributed by atoms with van der Waals surface area (Å²) in [6, 6.07) is 8.55. The fraction of sp³-hybridized carbons (Fsp3) is 0.250. The highest BCUT2D eigenvalue weighted by molar-refractivity contribution is 7.98. The van der Waals surface area contributed by atoms with E-state index >= 15 is 0 Å². The lowest BCUT2D eigenvalue weighted by molar-refractivity contribution is 0.892. The van der Waals surface area contributed by atoms with Gasteiger partial charge in [-0.3, -0.25) is 8.97 Å². The monoisotopic (exact) mass is 363 g/mol. The van der Waals surface area contributed by atoms with Crippen LogP contribution in [-0.2, 0) is 5.75 Å². The fourth-order valence-corrected chi connectivity index (χ4v) is 3.85. The van der Waals surface area contributed by atoms with Crippen LogP contribution in [0.3, 0.4) is 0 Å². The molecule has 132 valence electrons. The quantitative estimate of drug-likeness (QED) is 0.503. The molecule has 0 saturated carbocycles. The Labute approximate surface area is 157 Å². The number of fused-ring (bicyclic) bond motifs is 1. The van der Waals surface area contributed by atoms with E-state index in [9.17, 15) is 0 Å². The highest BCUT2D eigenvalue weighted by Crippen LogP contribution is 2.25. The highest BCUT2D eigenvalue weighted by atomic mass is 32.2. The van der Waals surface area contributed by atoms with Crippen LogP contribution >= 0.6 is 11.8 Å². The van der Waals surface area contributed by atoms with Gasteiger partial charge in [-0.05, 0) is 57.0 Å². The van der Waals surface area contributed by atoms with Gasteiger partial charge in [0.1, 0.15) is 0 Å². The average molecular weight is 363 g/mol. The number of hydrogen-bond acceptors (Lipinski definition) is 4. The van der Waals surface area contributed by atoms with Crippen LogP contribution in [0.1, 0.15) is 28.2 Å². The number of thioether (sulfide) groups is 1. The molecule has 0 bridgehead atoms. The zero-order chi connectivity index (χ0) is 18.3. The maximum atomic E-state index is 4.66. The van der Waals surface area contributed by atoms with Crippen LogP contribution in [0.25, 0.3) is 11.5 Å². The van der Waals surface area contributed by atoms with Crippen molar-refractivity contribution in [3.8, 4) is 5.69 Å². The Morgan fingerprint density at radius 3 is 2.65 bits per heavy atom. The molecule has 0 fully saturated rings. The van der Waals surface area contributed by atoms with Gasteiger partial charge in [-0.2, -0.15) is 0 Å². The molecule has 0 unspecified atom stereocenters. The van der Waals surface area contributed by atoms with E-state index in [2.05, 4.69) is 70.8 Å². The van der Waals surface area contributed by atoms with Crippen molar-refractivity contribution in [1.29, 1.82) is 0 Å². The van der Waals surface area contributed by atoms with Gasteiger partial charge in [-0.25, -0.2) is 15.0 Å². The normalized spacial score (nSPS) is 11.4. The molecule has 5 nitrogen and oxygen atoms in total. The van der Waals surface area contributed by atoms with E-state index < -0.39 is 0 Å². The summed E-state index contributed by atoms with van der Waals surface area (Å²) in [7, 11) is 0. The molecule has 4 aromatic rings. The standard InChI is InChI=1S/C20H21N5S/c1-13-5-6-18(9-14(13)2)24-8-7-21-20(24)26-12-17-11-25-16(4)10-15(3)22-19(25)23-17/h5-11H,12H2,1-4H3. The van der Waals surface area contributed by atoms with Crippen LogP contribution in [0.5, 0.6) is 0 Å². The minimum absolute atomic E-state index is 0.754. The van der Waals surface area contributed by atoms with E-state index in [0.29, 0.717) is 0 Å². The van der Waals surface area contributed by atoms with Crippen LogP contribution in [0.2, 0.25) is 0 Å². The van der Waals surface area contributed by atoms with Gasteiger partial charge in [0.05, 0.1) is 5.69 Å². The topological polar surface area (TPSA) is 48.0 Å². The van der Waals surface area contributed by atoms with Gasteiger partial charge in [0, 0.05) is 41.4 Å². The lowest BCUT2D eigenvalue weighted by Gasteiger charge is -2.09. The van der Waals surface area contributed by atoms with Crippen LogP contribution in [0, 0.1) is 27.7 Å². The van der Waals surface area contributed by atoms with E-state index in [4.69, 9.17) is 0 Å². The third kappa shape index (κ3) is 3.12. The Kier molecular flexibility index (Phi) is 4.28. The van der Waals surface area contributed by atoms with E-state index in [0.717, 1.165) is 39.5 Å². The predicted molar refractivity (Wildman–Crippen MR) is 105 cm³/mol. The first-order chi connectivity index (χ1) is 12.5. The minimum Gasteiger partial charge on any atom is -0.295 e. The molecule has 0 aliphatic rings. The van der Waals surface area contributed by atoms with Crippen molar-refractivity contribution in [3.63, 3.8) is 0 Å². The van der Waals surface area contributed by atoms with Gasteiger partial charge in [-0.15, -0.1) is 0 Å². The Morgan fingerprint density at radius 1 is 1.00 bits per heavy atom. The zero-order valence-electron chi connectivity index (χ0n) is 15.4. The first-order valence-electron chi connectivity index (χ1n) is 8.57. The van der Waals surface area contributed by atoms with Gasteiger partial charge in [0.25, 0.3) is 0 Å². The largest absolute Gasteiger partial charge is 0.295 e. The molecular weight excluding hydrogens is 342 g/mol. The van der Waals surface area contributed by atoms with Crippen LogP contribution in [0.15, 0.2) is 48.0 Å². The van der Waals surface area contributed by atoms with Gasteiger partial charge >= 0.3 is 0 Å². The van der Waals surface area contributed by atoms with Crippen LogP contribution < -0.4 is 0 Å². The number of benzene rings is 1. The minimum atomic E-state index is 0.754. The van der Waals surface area contributed by atoms with Crippen molar-refractivity contribution in [2.75, 3.05) is 0 Å². The molecule has 4 rings (SSSR count). The molecule has 1 aromatic carbocycles. The first kappa shape index (κ1) is 16.8. The summed E-state index contributed by atoms with van der Waals surface area (Å²) in [5.74, 6) is 1.51. The summed E-state index contributed by atoms with van der Waals surface area (Å²) < 4.78 is 4.17. The number of aromatic nitrogens is 5. The van der Waals surface area contributed by atoms with Gasteiger partial charge in [0.15, 0.2) is 5.16 Å². The fourth-order valence-electron chi connectivity index (χ4n) is 2.99. The Balaban J connectivity index is 1.58. The number of imidazole rings is 2. The third-order valence-corrected chi connectivity index (χ3v) is 5.54. The van der Waals surface area contributed by atoms with Crippen molar-refractivity contribution in [2.45, 2.75) is 38.6 Å². The molecule has 0 amide bonds. The summed E-state index contributed by atoms with van der Waals surface area (Å²) >= 11 is 1.69. The summed E-state index contributed by atoms with van der Waals surface area (Å²) in [6.45, 7) is 8.34. The molecule has 26 heavy (non-hydrogen) atoms.